The standard InChI is InChI=1S/C11H16FNO2/c1-11(13,7-14)6-8-3-4-9(12)5-10(8)15-2/h3-5,14H,6-7,13H2,1-2H3. The summed E-state index contributed by atoms with van der Waals surface area (Å²) in [7, 11) is 1.48. The summed E-state index contributed by atoms with van der Waals surface area (Å²) >= 11 is 0. The van der Waals surface area contributed by atoms with Gasteiger partial charge in [0.2, 0.25) is 0 Å². The fraction of sp³-hybridized carbons (Fsp3) is 0.455. The maximum Gasteiger partial charge on any atom is 0.126 e. The Balaban J connectivity index is 2.94. The van der Waals surface area contributed by atoms with Crippen molar-refractivity contribution in [3.05, 3.63) is 29.6 Å². The zero-order valence-corrected chi connectivity index (χ0v) is 8.96. The fourth-order valence-electron chi connectivity index (χ4n) is 1.36. The average Bonchev–Trinajstić information content (AvgIpc) is 2.20. The van der Waals surface area contributed by atoms with Crippen molar-refractivity contribution >= 4 is 0 Å². The van der Waals surface area contributed by atoms with Crippen LogP contribution in [-0.2, 0) is 6.42 Å². The van der Waals surface area contributed by atoms with Gasteiger partial charge in [-0.25, -0.2) is 4.39 Å². The lowest BCUT2D eigenvalue weighted by Gasteiger charge is -2.22. The Bertz CT molecular complexity index is 339. The van der Waals surface area contributed by atoms with Crippen molar-refractivity contribution in [2.75, 3.05) is 13.7 Å². The molecule has 0 radical (unpaired) electrons. The number of ether oxygens (including phenoxy) is 1. The van der Waals surface area contributed by atoms with Crippen LogP contribution in [-0.4, -0.2) is 24.4 Å². The van der Waals surface area contributed by atoms with Gasteiger partial charge in [0.05, 0.1) is 13.7 Å². The lowest BCUT2D eigenvalue weighted by molar-refractivity contribution is 0.207. The third-order valence-electron chi connectivity index (χ3n) is 2.20. The number of hydrogen-bond acceptors (Lipinski definition) is 3. The van der Waals surface area contributed by atoms with Crippen LogP contribution < -0.4 is 10.5 Å². The van der Waals surface area contributed by atoms with Crippen molar-refractivity contribution in [2.24, 2.45) is 5.73 Å². The molecule has 0 bridgehead atoms. The predicted octanol–water partition coefficient (Wildman–Crippen LogP) is 1.09. The number of nitrogens with two attached hydrogens (primary N) is 1. The predicted molar refractivity (Wildman–Crippen MR) is 56.3 cm³/mol. The van der Waals surface area contributed by atoms with Gasteiger partial charge in [0.15, 0.2) is 0 Å². The number of rotatable bonds is 4. The van der Waals surface area contributed by atoms with Gasteiger partial charge >= 0.3 is 0 Å². The zero-order chi connectivity index (χ0) is 11.5. The number of aliphatic hydroxyl groups excluding tert-OH is 1. The molecule has 0 aromatic heterocycles. The number of methoxy groups -OCH3 is 1. The number of benzene rings is 1. The van der Waals surface area contributed by atoms with E-state index in [1.54, 1.807) is 13.0 Å². The van der Waals surface area contributed by atoms with Crippen LogP contribution in [0.25, 0.3) is 0 Å². The largest absolute Gasteiger partial charge is 0.496 e. The van der Waals surface area contributed by atoms with E-state index in [0.717, 1.165) is 5.56 Å². The number of hydrogen-bond donors (Lipinski definition) is 2. The van der Waals surface area contributed by atoms with Gasteiger partial charge in [-0.05, 0) is 25.0 Å². The monoisotopic (exact) mass is 213 g/mol. The summed E-state index contributed by atoms with van der Waals surface area (Å²) in [5, 5.41) is 9.03. The number of halogens is 1. The van der Waals surface area contributed by atoms with Crippen molar-refractivity contribution < 1.29 is 14.2 Å². The second kappa shape index (κ2) is 4.59. The summed E-state index contributed by atoms with van der Waals surface area (Å²) in [5.74, 6) is 0.110. The molecule has 0 aliphatic carbocycles. The molecule has 1 aromatic rings. The Morgan fingerprint density at radius 3 is 2.73 bits per heavy atom. The van der Waals surface area contributed by atoms with Crippen molar-refractivity contribution in [3.8, 4) is 5.75 Å². The molecule has 84 valence electrons. The van der Waals surface area contributed by atoms with Gasteiger partial charge in [0.1, 0.15) is 11.6 Å². The molecule has 0 fully saturated rings. The van der Waals surface area contributed by atoms with Crippen LogP contribution >= 0.6 is 0 Å². The molecular weight excluding hydrogens is 197 g/mol. The van der Waals surface area contributed by atoms with Crippen molar-refractivity contribution in [2.45, 2.75) is 18.9 Å². The summed E-state index contributed by atoms with van der Waals surface area (Å²) in [5.41, 5.74) is 5.88. The lowest BCUT2D eigenvalue weighted by atomic mass is 9.94. The third kappa shape index (κ3) is 3.18. The SMILES string of the molecule is COc1cc(F)ccc1CC(C)(N)CO. The van der Waals surface area contributed by atoms with Crippen LogP contribution in [0.5, 0.6) is 5.75 Å². The van der Waals surface area contributed by atoms with Gasteiger partial charge in [0.25, 0.3) is 0 Å². The lowest BCUT2D eigenvalue weighted by Crippen LogP contribution is -2.42. The van der Waals surface area contributed by atoms with E-state index in [9.17, 15) is 4.39 Å². The van der Waals surface area contributed by atoms with Crippen LogP contribution in [0.1, 0.15) is 12.5 Å². The summed E-state index contributed by atoms with van der Waals surface area (Å²) in [4.78, 5) is 0. The highest BCUT2D eigenvalue weighted by Crippen LogP contribution is 2.23. The first-order valence-corrected chi connectivity index (χ1v) is 4.70. The van der Waals surface area contributed by atoms with Crippen molar-refractivity contribution in [1.29, 1.82) is 0 Å². The molecule has 0 spiro atoms. The summed E-state index contributed by atoms with van der Waals surface area (Å²) in [6, 6.07) is 4.28. The van der Waals surface area contributed by atoms with Gasteiger partial charge in [0, 0.05) is 11.6 Å². The van der Waals surface area contributed by atoms with Crippen molar-refractivity contribution in [1.82, 2.24) is 0 Å². The Kier molecular flexibility index (Phi) is 3.66. The first kappa shape index (κ1) is 11.9. The highest BCUT2D eigenvalue weighted by molar-refractivity contribution is 5.35. The van der Waals surface area contributed by atoms with E-state index in [0.29, 0.717) is 12.2 Å². The Morgan fingerprint density at radius 2 is 2.20 bits per heavy atom. The van der Waals surface area contributed by atoms with Crippen LogP contribution in [0.4, 0.5) is 4.39 Å². The van der Waals surface area contributed by atoms with Gasteiger partial charge in [-0.3, -0.25) is 0 Å². The van der Waals surface area contributed by atoms with Gasteiger partial charge in [-0.1, -0.05) is 6.07 Å². The molecule has 3 nitrogen and oxygen atoms in total. The van der Waals surface area contributed by atoms with Crippen LogP contribution in [0, 0.1) is 5.82 Å². The Morgan fingerprint density at radius 1 is 1.53 bits per heavy atom. The second-order valence-corrected chi connectivity index (χ2v) is 3.95. The van der Waals surface area contributed by atoms with E-state index in [1.807, 2.05) is 0 Å². The summed E-state index contributed by atoms with van der Waals surface area (Å²) < 4.78 is 17.9. The fourth-order valence-corrected chi connectivity index (χ4v) is 1.36. The zero-order valence-electron chi connectivity index (χ0n) is 8.96. The summed E-state index contributed by atoms with van der Waals surface area (Å²) in [6.45, 7) is 1.60. The molecule has 1 rings (SSSR count). The molecule has 0 amide bonds. The minimum Gasteiger partial charge on any atom is -0.496 e. The Hall–Kier alpha value is -1.13. The smallest absolute Gasteiger partial charge is 0.126 e. The molecule has 0 heterocycles. The molecule has 1 aromatic carbocycles. The van der Waals surface area contributed by atoms with Crippen LogP contribution in [0.3, 0.4) is 0 Å². The third-order valence-corrected chi connectivity index (χ3v) is 2.20. The molecule has 0 aliphatic rings. The first-order chi connectivity index (χ1) is 6.98. The van der Waals surface area contributed by atoms with Crippen molar-refractivity contribution in [3.63, 3.8) is 0 Å². The normalized spacial score (nSPS) is 14.7. The quantitative estimate of drug-likeness (QED) is 0.787. The van der Waals surface area contributed by atoms with Gasteiger partial charge < -0.3 is 15.6 Å². The maximum absolute atomic E-state index is 12.9. The molecule has 4 heteroatoms. The van der Waals surface area contributed by atoms with Crippen LogP contribution in [0.2, 0.25) is 0 Å². The molecular formula is C11H16FNO2. The summed E-state index contributed by atoms with van der Waals surface area (Å²) in [6.07, 6.45) is 0.437. The van der Waals surface area contributed by atoms with E-state index < -0.39 is 5.54 Å². The topological polar surface area (TPSA) is 55.5 Å². The van der Waals surface area contributed by atoms with E-state index >= 15 is 0 Å². The molecule has 3 N–H and O–H groups in total. The van der Waals surface area contributed by atoms with Crippen LogP contribution in [0.15, 0.2) is 18.2 Å². The Labute approximate surface area is 88.7 Å². The van der Waals surface area contributed by atoms with E-state index in [-0.39, 0.29) is 12.4 Å². The maximum atomic E-state index is 12.9. The minimum atomic E-state index is -0.717. The highest BCUT2D eigenvalue weighted by Gasteiger charge is 2.20. The minimum absolute atomic E-state index is 0.131. The molecule has 0 aliphatic heterocycles. The van der Waals surface area contributed by atoms with E-state index in [2.05, 4.69) is 0 Å². The van der Waals surface area contributed by atoms with E-state index in [1.165, 1.54) is 19.2 Å². The number of aliphatic hydroxyl groups is 1. The molecule has 0 saturated carbocycles. The first-order valence-electron chi connectivity index (χ1n) is 4.70. The molecule has 0 saturated heterocycles. The average molecular weight is 213 g/mol. The second-order valence-electron chi connectivity index (χ2n) is 3.95. The van der Waals surface area contributed by atoms with Gasteiger partial charge in [-0.15, -0.1) is 0 Å². The molecule has 15 heavy (non-hydrogen) atoms. The van der Waals surface area contributed by atoms with E-state index in [4.69, 9.17) is 15.6 Å². The highest BCUT2D eigenvalue weighted by atomic mass is 19.1. The molecule has 1 atom stereocenters. The molecule has 1 unspecified atom stereocenters. The van der Waals surface area contributed by atoms with Gasteiger partial charge in [-0.2, -0.15) is 0 Å².